The number of carbonyl (C=O) groups excluding carboxylic acids is 1. The number of fused-ring (bicyclic) bond motifs is 1. The molecular formula is C23H21N5O2. The summed E-state index contributed by atoms with van der Waals surface area (Å²) in [5.41, 5.74) is 12.5. The Morgan fingerprint density at radius 2 is 1.63 bits per heavy atom. The monoisotopic (exact) mass is 399 g/mol. The average molecular weight is 399 g/mol. The zero-order valence-corrected chi connectivity index (χ0v) is 16.2. The number of amides is 1. The topological polar surface area (TPSA) is 116 Å². The van der Waals surface area contributed by atoms with Crippen molar-refractivity contribution in [1.82, 2.24) is 15.4 Å². The lowest BCUT2D eigenvalue weighted by Crippen LogP contribution is -2.30. The number of pyridine rings is 2. The van der Waals surface area contributed by atoms with Crippen LogP contribution in [0.15, 0.2) is 73.1 Å². The van der Waals surface area contributed by atoms with E-state index in [9.17, 15) is 4.79 Å². The fourth-order valence-electron chi connectivity index (χ4n) is 3.24. The van der Waals surface area contributed by atoms with Crippen LogP contribution < -0.4 is 21.7 Å². The minimum Gasteiger partial charge on any atom is -0.492 e. The molecule has 150 valence electrons. The van der Waals surface area contributed by atoms with Crippen LogP contribution in [0.2, 0.25) is 0 Å². The van der Waals surface area contributed by atoms with Gasteiger partial charge in [0.05, 0.1) is 16.8 Å². The van der Waals surface area contributed by atoms with Crippen LogP contribution in [0.25, 0.3) is 33.3 Å². The fourth-order valence-corrected chi connectivity index (χ4v) is 3.24. The third-order valence-corrected chi connectivity index (χ3v) is 4.74. The fraction of sp³-hybridized carbons (Fsp3) is 0.0870. The van der Waals surface area contributed by atoms with Gasteiger partial charge < -0.3 is 10.5 Å². The Balaban J connectivity index is 1.66. The molecule has 0 aliphatic rings. The minimum atomic E-state index is -0.384. The van der Waals surface area contributed by atoms with Crippen molar-refractivity contribution < 1.29 is 9.53 Å². The molecule has 4 aromatic rings. The van der Waals surface area contributed by atoms with E-state index >= 15 is 0 Å². The second-order valence-corrected chi connectivity index (χ2v) is 6.66. The summed E-state index contributed by atoms with van der Waals surface area (Å²) >= 11 is 0. The number of nitrogens with one attached hydrogen (secondary N) is 1. The van der Waals surface area contributed by atoms with Gasteiger partial charge in [0.2, 0.25) is 0 Å². The first-order valence-electron chi connectivity index (χ1n) is 9.49. The molecule has 0 fully saturated rings. The first-order chi connectivity index (χ1) is 14.7. The third-order valence-electron chi connectivity index (χ3n) is 4.74. The van der Waals surface area contributed by atoms with E-state index < -0.39 is 0 Å². The number of nitrogens with two attached hydrogens (primary N) is 2. The first-order valence-corrected chi connectivity index (χ1v) is 9.49. The Hall–Kier alpha value is -3.81. The first kappa shape index (κ1) is 19.5. The summed E-state index contributed by atoms with van der Waals surface area (Å²) in [6, 6.07) is 19.4. The molecule has 0 unspecified atom stereocenters. The molecule has 7 nitrogen and oxygen atoms in total. The van der Waals surface area contributed by atoms with Gasteiger partial charge in [0.1, 0.15) is 12.4 Å². The number of nitrogen functional groups attached to an aromatic ring is 1. The minimum absolute atomic E-state index is 0.384. The van der Waals surface area contributed by atoms with Gasteiger partial charge in [-0.05, 0) is 35.4 Å². The zero-order chi connectivity index (χ0) is 20.9. The van der Waals surface area contributed by atoms with Crippen molar-refractivity contribution in [3.63, 3.8) is 0 Å². The van der Waals surface area contributed by atoms with Gasteiger partial charge in [0.15, 0.2) is 0 Å². The number of nitrogens with zero attached hydrogens (tertiary/aromatic N) is 2. The van der Waals surface area contributed by atoms with E-state index in [1.165, 1.54) is 0 Å². The largest absolute Gasteiger partial charge is 0.492 e. The van der Waals surface area contributed by atoms with E-state index in [0.717, 1.165) is 22.4 Å². The number of benzene rings is 2. The smallest absolute Gasteiger partial charge is 0.265 e. The Morgan fingerprint density at radius 1 is 0.967 bits per heavy atom. The van der Waals surface area contributed by atoms with Gasteiger partial charge in [-0.2, -0.15) is 0 Å². The van der Waals surface area contributed by atoms with Crippen molar-refractivity contribution in [2.45, 2.75) is 0 Å². The molecule has 0 aliphatic carbocycles. The molecule has 0 atom stereocenters. The van der Waals surface area contributed by atoms with E-state index in [1.54, 1.807) is 24.5 Å². The molecule has 0 spiro atoms. The maximum atomic E-state index is 12.2. The summed E-state index contributed by atoms with van der Waals surface area (Å²) in [5.74, 6) is 5.76. The normalized spacial score (nSPS) is 10.7. The van der Waals surface area contributed by atoms with Crippen LogP contribution in [0.4, 0.5) is 0 Å². The molecule has 1 amide bonds. The molecule has 0 saturated carbocycles. The van der Waals surface area contributed by atoms with Crippen molar-refractivity contribution in [1.29, 1.82) is 0 Å². The second kappa shape index (κ2) is 8.69. The van der Waals surface area contributed by atoms with Crippen molar-refractivity contribution >= 4 is 16.8 Å². The van der Waals surface area contributed by atoms with Crippen LogP contribution >= 0.6 is 0 Å². The maximum Gasteiger partial charge on any atom is 0.265 e. The molecule has 0 aliphatic heterocycles. The van der Waals surface area contributed by atoms with Crippen LogP contribution in [-0.2, 0) is 0 Å². The van der Waals surface area contributed by atoms with Crippen molar-refractivity contribution in [3.05, 3.63) is 78.6 Å². The standard InChI is InChI=1S/C23H21N5O2/c24-10-12-30-18-7-5-16(6-8-18)15-1-3-17(4-2-15)22-13-19(23(29)28-25)20-14-26-11-9-21(20)27-22/h1-9,11,13-14H,10,12,24-25H2,(H,28,29). The predicted octanol–water partition coefficient (Wildman–Crippen LogP) is 2.90. The Labute approximate surface area is 173 Å². The highest BCUT2D eigenvalue weighted by molar-refractivity contribution is 6.06. The van der Waals surface area contributed by atoms with Crippen LogP contribution in [0.5, 0.6) is 5.75 Å². The molecule has 2 aromatic heterocycles. The molecule has 7 heteroatoms. The molecule has 4 rings (SSSR count). The predicted molar refractivity (Wildman–Crippen MR) is 117 cm³/mol. The molecule has 2 aromatic carbocycles. The summed E-state index contributed by atoms with van der Waals surface area (Å²) < 4.78 is 5.52. The van der Waals surface area contributed by atoms with Gasteiger partial charge >= 0.3 is 0 Å². The third kappa shape index (κ3) is 3.98. The van der Waals surface area contributed by atoms with Gasteiger partial charge in [0.25, 0.3) is 5.91 Å². The second-order valence-electron chi connectivity index (χ2n) is 6.66. The number of hydrazine groups is 1. The number of hydrogen-bond acceptors (Lipinski definition) is 6. The highest BCUT2D eigenvalue weighted by Gasteiger charge is 2.13. The van der Waals surface area contributed by atoms with Gasteiger partial charge in [-0.1, -0.05) is 36.4 Å². The molecular weight excluding hydrogens is 378 g/mol. The van der Waals surface area contributed by atoms with Crippen molar-refractivity contribution in [3.8, 4) is 28.1 Å². The summed E-state index contributed by atoms with van der Waals surface area (Å²) in [6.45, 7) is 0.976. The summed E-state index contributed by atoms with van der Waals surface area (Å²) in [7, 11) is 0. The van der Waals surface area contributed by atoms with E-state index in [0.29, 0.717) is 35.3 Å². The van der Waals surface area contributed by atoms with Gasteiger partial charge in [-0.25, -0.2) is 10.8 Å². The Morgan fingerprint density at radius 3 is 2.30 bits per heavy atom. The Bertz CT molecular complexity index is 1170. The number of carbonyl (C=O) groups is 1. The highest BCUT2D eigenvalue weighted by Crippen LogP contribution is 2.28. The van der Waals surface area contributed by atoms with Crippen LogP contribution in [0, 0.1) is 0 Å². The van der Waals surface area contributed by atoms with Crippen LogP contribution in [0.1, 0.15) is 10.4 Å². The highest BCUT2D eigenvalue weighted by atomic mass is 16.5. The van der Waals surface area contributed by atoms with E-state index in [-0.39, 0.29) is 5.91 Å². The summed E-state index contributed by atoms with van der Waals surface area (Å²) in [6.07, 6.45) is 3.26. The lowest BCUT2D eigenvalue weighted by atomic mass is 10.0. The molecule has 30 heavy (non-hydrogen) atoms. The lowest BCUT2D eigenvalue weighted by Gasteiger charge is -2.10. The number of aromatic nitrogens is 2. The van der Waals surface area contributed by atoms with E-state index in [4.69, 9.17) is 16.3 Å². The lowest BCUT2D eigenvalue weighted by molar-refractivity contribution is 0.0955. The van der Waals surface area contributed by atoms with Gasteiger partial charge in [-0.15, -0.1) is 0 Å². The quantitative estimate of drug-likeness (QED) is 0.261. The molecule has 0 radical (unpaired) electrons. The van der Waals surface area contributed by atoms with Crippen molar-refractivity contribution in [2.24, 2.45) is 11.6 Å². The zero-order valence-electron chi connectivity index (χ0n) is 16.2. The molecule has 5 N–H and O–H groups in total. The number of ether oxygens (including phenoxy) is 1. The molecule has 0 bridgehead atoms. The van der Waals surface area contributed by atoms with Gasteiger partial charge in [-0.3, -0.25) is 15.2 Å². The SMILES string of the molecule is NCCOc1ccc(-c2ccc(-c3cc(C(=O)NN)c4cnccc4n3)cc2)cc1. The average Bonchev–Trinajstić information content (AvgIpc) is 2.82. The number of rotatable bonds is 6. The number of hydrogen-bond donors (Lipinski definition) is 3. The van der Waals surface area contributed by atoms with Crippen LogP contribution in [0.3, 0.4) is 0 Å². The summed E-state index contributed by atoms with van der Waals surface area (Å²) in [4.78, 5) is 21.0. The summed E-state index contributed by atoms with van der Waals surface area (Å²) in [5, 5.41) is 0.651. The molecule has 0 saturated heterocycles. The van der Waals surface area contributed by atoms with Gasteiger partial charge in [0, 0.05) is 29.9 Å². The van der Waals surface area contributed by atoms with E-state index in [1.807, 2.05) is 48.5 Å². The van der Waals surface area contributed by atoms with E-state index in [2.05, 4.69) is 15.4 Å². The van der Waals surface area contributed by atoms with Crippen LogP contribution in [-0.4, -0.2) is 29.0 Å². The molecule has 2 heterocycles. The van der Waals surface area contributed by atoms with Crippen molar-refractivity contribution in [2.75, 3.05) is 13.2 Å². The maximum absolute atomic E-state index is 12.2. The Kier molecular flexibility index (Phi) is 5.65.